The van der Waals surface area contributed by atoms with Gasteiger partial charge in [0.05, 0.1) is 20.6 Å². The van der Waals surface area contributed by atoms with Crippen molar-refractivity contribution >= 4 is 11.9 Å². The smallest absolute Gasteiger partial charge is 0.307 e. The topological polar surface area (TPSA) is 76.1 Å². The average Bonchev–Trinajstić information content (AvgIpc) is 2.85. The number of hydrogen-bond donors (Lipinski definition) is 1. The molecule has 1 N–H and O–H groups in total. The van der Waals surface area contributed by atoms with E-state index < -0.39 is 5.97 Å². The summed E-state index contributed by atoms with van der Waals surface area (Å²) in [5.74, 6) is -0.254. The predicted molar refractivity (Wildman–Crippen MR) is 132 cm³/mol. The number of carboxylic acid groups (broad SMARTS) is 1. The first kappa shape index (κ1) is 25.7. The lowest BCUT2D eigenvalue weighted by Crippen LogP contribution is -2.32. The number of ether oxygens (including phenoxy) is 2. The number of benzene rings is 3. The average molecular weight is 480 g/mol. The lowest BCUT2D eigenvalue weighted by molar-refractivity contribution is -0.136. The first-order valence-electron chi connectivity index (χ1n) is 11.4. The normalized spacial score (nSPS) is 10.6. The fourth-order valence-corrected chi connectivity index (χ4v) is 3.96. The molecule has 0 saturated carbocycles. The molecule has 7 heteroatoms. The third-order valence-corrected chi connectivity index (χ3v) is 5.87. The van der Waals surface area contributed by atoms with Crippen molar-refractivity contribution in [3.8, 4) is 11.5 Å². The fourth-order valence-electron chi connectivity index (χ4n) is 3.96. The Kier molecular flexibility index (Phi) is 8.84. The van der Waals surface area contributed by atoms with Gasteiger partial charge in [0.15, 0.2) is 0 Å². The zero-order valence-electron chi connectivity index (χ0n) is 20.2. The van der Waals surface area contributed by atoms with Gasteiger partial charge in [-0.05, 0) is 54.7 Å². The number of carbonyl (C=O) groups excluding carboxylic acids is 1. The number of methoxy groups -OCH3 is 2. The second kappa shape index (κ2) is 12.0. The Morgan fingerprint density at radius 2 is 1.54 bits per heavy atom. The predicted octanol–water partition coefficient (Wildman–Crippen LogP) is 5.05. The quantitative estimate of drug-likeness (QED) is 0.416. The molecule has 3 aromatic rings. The second-order valence-corrected chi connectivity index (χ2v) is 8.31. The van der Waals surface area contributed by atoms with E-state index in [1.165, 1.54) is 6.07 Å². The molecule has 0 bridgehead atoms. The summed E-state index contributed by atoms with van der Waals surface area (Å²) in [6.45, 7) is 2.58. The summed E-state index contributed by atoms with van der Waals surface area (Å²) in [6.07, 6.45) is 1.01. The highest BCUT2D eigenvalue weighted by Crippen LogP contribution is 2.30. The molecule has 0 aliphatic carbocycles. The van der Waals surface area contributed by atoms with Crippen LogP contribution in [0.3, 0.4) is 0 Å². The maximum Gasteiger partial charge on any atom is 0.307 e. The van der Waals surface area contributed by atoms with Gasteiger partial charge in [-0.3, -0.25) is 9.59 Å². The summed E-state index contributed by atoms with van der Waals surface area (Å²) in [4.78, 5) is 26.3. The molecule has 0 heterocycles. The van der Waals surface area contributed by atoms with Crippen LogP contribution >= 0.6 is 0 Å². The monoisotopic (exact) mass is 479 g/mol. The molecule has 0 aliphatic heterocycles. The molecule has 3 rings (SSSR count). The minimum atomic E-state index is -0.898. The molecule has 0 aliphatic rings. The Morgan fingerprint density at radius 1 is 0.943 bits per heavy atom. The van der Waals surface area contributed by atoms with E-state index >= 15 is 0 Å². The van der Waals surface area contributed by atoms with Gasteiger partial charge >= 0.3 is 5.97 Å². The van der Waals surface area contributed by atoms with Gasteiger partial charge in [0.2, 0.25) is 0 Å². The molecular formula is C28H30FNO5. The number of rotatable bonds is 11. The van der Waals surface area contributed by atoms with E-state index in [9.17, 15) is 14.0 Å². The molecular weight excluding hydrogens is 449 g/mol. The van der Waals surface area contributed by atoms with Crippen LogP contribution in [0.1, 0.15) is 39.0 Å². The zero-order valence-corrected chi connectivity index (χ0v) is 20.2. The molecule has 0 radical (unpaired) electrons. The van der Waals surface area contributed by atoms with Gasteiger partial charge in [0, 0.05) is 24.2 Å². The zero-order chi connectivity index (χ0) is 25.4. The highest BCUT2D eigenvalue weighted by Gasteiger charge is 2.20. The van der Waals surface area contributed by atoms with E-state index in [-0.39, 0.29) is 18.1 Å². The molecule has 1 amide bonds. The van der Waals surface area contributed by atoms with E-state index in [1.807, 2.05) is 19.1 Å². The highest BCUT2D eigenvalue weighted by molar-refractivity contribution is 5.95. The Balaban J connectivity index is 1.84. The minimum absolute atomic E-state index is 0.0610. The summed E-state index contributed by atoms with van der Waals surface area (Å²) < 4.78 is 24.9. The summed E-state index contributed by atoms with van der Waals surface area (Å²) in [6, 6.07) is 17.2. The minimum Gasteiger partial charge on any atom is -0.496 e. The number of amides is 1. The van der Waals surface area contributed by atoms with Crippen LogP contribution in [0, 0.1) is 12.7 Å². The van der Waals surface area contributed by atoms with Crippen LogP contribution in [0.2, 0.25) is 0 Å². The van der Waals surface area contributed by atoms with Crippen molar-refractivity contribution in [1.29, 1.82) is 0 Å². The molecule has 0 atom stereocenters. The largest absolute Gasteiger partial charge is 0.496 e. The van der Waals surface area contributed by atoms with Gasteiger partial charge in [0.1, 0.15) is 17.3 Å². The van der Waals surface area contributed by atoms with Crippen LogP contribution in [0.15, 0.2) is 60.7 Å². The Hall–Kier alpha value is -3.87. The number of nitrogens with zero attached hydrogens (tertiary/aromatic N) is 1. The summed E-state index contributed by atoms with van der Waals surface area (Å²) in [5.41, 5.74) is 3.39. The standard InChI is InChI=1S/C28H30FNO5/c1-19-25(34-2)16-23(17-26(19)35-3)28(33)30(14-6-8-22-7-4-5-9-24(22)29)18-21-12-10-20(11-13-21)15-27(31)32/h4-5,7,9-13,16-17H,6,8,14-15,18H2,1-3H3,(H,31,32). The van der Waals surface area contributed by atoms with Gasteiger partial charge in [-0.1, -0.05) is 42.5 Å². The van der Waals surface area contributed by atoms with E-state index in [2.05, 4.69) is 0 Å². The van der Waals surface area contributed by atoms with Gasteiger partial charge in [-0.2, -0.15) is 0 Å². The number of aryl methyl sites for hydroxylation is 1. The van der Waals surface area contributed by atoms with Crippen LogP contribution in [0.4, 0.5) is 4.39 Å². The molecule has 0 unspecified atom stereocenters. The van der Waals surface area contributed by atoms with Crippen molar-refractivity contribution in [2.75, 3.05) is 20.8 Å². The molecule has 0 saturated heterocycles. The molecule has 35 heavy (non-hydrogen) atoms. The van der Waals surface area contributed by atoms with Crippen LogP contribution in [-0.2, 0) is 24.2 Å². The second-order valence-electron chi connectivity index (χ2n) is 8.31. The maximum atomic E-state index is 14.1. The van der Waals surface area contributed by atoms with Crippen LogP contribution < -0.4 is 9.47 Å². The molecule has 0 fully saturated rings. The first-order chi connectivity index (χ1) is 16.8. The van der Waals surface area contributed by atoms with E-state index in [4.69, 9.17) is 14.6 Å². The Labute approximate surface area is 204 Å². The third kappa shape index (κ3) is 6.82. The van der Waals surface area contributed by atoms with Crippen molar-refractivity contribution in [3.63, 3.8) is 0 Å². The van der Waals surface area contributed by atoms with Crippen molar-refractivity contribution in [2.45, 2.75) is 32.7 Å². The summed E-state index contributed by atoms with van der Waals surface area (Å²) >= 11 is 0. The number of halogens is 1. The van der Waals surface area contributed by atoms with Gasteiger partial charge in [-0.25, -0.2) is 4.39 Å². The van der Waals surface area contributed by atoms with Crippen molar-refractivity contribution in [1.82, 2.24) is 4.90 Å². The van der Waals surface area contributed by atoms with Gasteiger partial charge < -0.3 is 19.5 Å². The number of carboxylic acids is 1. The third-order valence-electron chi connectivity index (χ3n) is 5.87. The first-order valence-corrected chi connectivity index (χ1v) is 11.4. The van der Waals surface area contributed by atoms with E-state index in [1.54, 1.807) is 61.6 Å². The van der Waals surface area contributed by atoms with Crippen LogP contribution in [-0.4, -0.2) is 42.6 Å². The van der Waals surface area contributed by atoms with E-state index in [0.717, 1.165) is 11.1 Å². The Morgan fingerprint density at radius 3 is 2.11 bits per heavy atom. The van der Waals surface area contributed by atoms with Gasteiger partial charge in [-0.15, -0.1) is 0 Å². The fraction of sp³-hybridized carbons (Fsp3) is 0.286. The number of hydrogen-bond acceptors (Lipinski definition) is 4. The molecule has 184 valence electrons. The van der Waals surface area contributed by atoms with E-state index in [0.29, 0.717) is 54.1 Å². The lowest BCUT2D eigenvalue weighted by atomic mass is 10.1. The van der Waals surface area contributed by atoms with Crippen LogP contribution in [0.25, 0.3) is 0 Å². The Bertz CT molecular complexity index is 1150. The summed E-state index contributed by atoms with van der Waals surface area (Å²) in [5, 5.41) is 9.00. The van der Waals surface area contributed by atoms with Crippen LogP contribution in [0.5, 0.6) is 11.5 Å². The summed E-state index contributed by atoms with van der Waals surface area (Å²) in [7, 11) is 3.09. The van der Waals surface area contributed by atoms with Crippen molar-refractivity contribution in [3.05, 3.63) is 94.3 Å². The van der Waals surface area contributed by atoms with Crippen molar-refractivity contribution < 1.29 is 28.6 Å². The maximum absolute atomic E-state index is 14.1. The molecule has 0 aromatic heterocycles. The number of aliphatic carboxylic acids is 1. The van der Waals surface area contributed by atoms with Crippen molar-refractivity contribution in [2.24, 2.45) is 0 Å². The van der Waals surface area contributed by atoms with Gasteiger partial charge in [0.25, 0.3) is 5.91 Å². The highest BCUT2D eigenvalue weighted by atomic mass is 19.1. The molecule has 3 aromatic carbocycles. The SMILES string of the molecule is COc1cc(C(=O)N(CCCc2ccccc2F)Cc2ccc(CC(=O)O)cc2)cc(OC)c1C. The molecule has 0 spiro atoms. The molecule has 6 nitrogen and oxygen atoms in total. The lowest BCUT2D eigenvalue weighted by Gasteiger charge is -2.24. The number of carbonyl (C=O) groups is 2.